The Morgan fingerprint density at radius 2 is 1.89 bits per heavy atom. The fourth-order valence-corrected chi connectivity index (χ4v) is 1.69. The zero-order valence-electron chi connectivity index (χ0n) is 10.4. The van der Waals surface area contributed by atoms with Crippen molar-refractivity contribution < 1.29 is 14.8 Å². The SMILES string of the molecule is Cc1ccc(Oc2ccc([N+](=O)[O-])cc2)c(CO)c1. The largest absolute Gasteiger partial charge is 0.457 e. The van der Waals surface area contributed by atoms with Gasteiger partial charge in [-0.2, -0.15) is 0 Å². The molecule has 2 aromatic rings. The number of rotatable bonds is 4. The minimum atomic E-state index is -0.463. The van der Waals surface area contributed by atoms with Crippen LogP contribution in [-0.2, 0) is 6.61 Å². The number of benzene rings is 2. The van der Waals surface area contributed by atoms with Gasteiger partial charge < -0.3 is 9.84 Å². The standard InChI is InChI=1S/C14H13NO4/c1-10-2-7-14(11(8-10)9-16)19-13-5-3-12(4-6-13)15(17)18/h2-8,16H,9H2,1H3. The molecule has 0 spiro atoms. The van der Waals surface area contributed by atoms with Gasteiger partial charge in [-0.05, 0) is 25.1 Å². The summed E-state index contributed by atoms with van der Waals surface area (Å²) in [5.41, 5.74) is 1.72. The Kier molecular flexibility index (Phi) is 3.77. The number of ether oxygens (including phenoxy) is 1. The van der Waals surface area contributed by atoms with E-state index < -0.39 is 4.92 Å². The molecule has 0 saturated heterocycles. The number of aliphatic hydroxyl groups is 1. The van der Waals surface area contributed by atoms with Gasteiger partial charge in [-0.25, -0.2) is 0 Å². The first-order valence-electron chi connectivity index (χ1n) is 5.73. The van der Waals surface area contributed by atoms with Crippen molar-refractivity contribution in [1.82, 2.24) is 0 Å². The normalized spacial score (nSPS) is 10.2. The number of non-ortho nitro benzene ring substituents is 1. The molecule has 0 aliphatic rings. The predicted molar refractivity (Wildman–Crippen MR) is 70.3 cm³/mol. The molecular formula is C14H13NO4. The average molecular weight is 259 g/mol. The lowest BCUT2D eigenvalue weighted by Crippen LogP contribution is -1.93. The monoisotopic (exact) mass is 259 g/mol. The molecule has 0 bridgehead atoms. The van der Waals surface area contributed by atoms with Gasteiger partial charge in [-0.15, -0.1) is 0 Å². The molecule has 0 atom stereocenters. The lowest BCUT2D eigenvalue weighted by molar-refractivity contribution is -0.384. The highest BCUT2D eigenvalue weighted by Crippen LogP contribution is 2.27. The van der Waals surface area contributed by atoms with Crippen LogP contribution in [0.3, 0.4) is 0 Å². The second kappa shape index (κ2) is 5.49. The Balaban J connectivity index is 2.23. The van der Waals surface area contributed by atoms with Crippen molar-refractivity contribution in [3.63, 3.8) is 0 Å². The van der Waals surface area contributed by atoms with Gasteiger partial charge in [0.15, 0.2) is 0 Å². The van der Waals surface area contributed by atoms with Gasteiger partial charge in [0.25, 0.3) is 5.69 Å². The van der Waals surface area contributed by atoms with Crippen molar-refractivity contribution >= 4 is 5.69 Å². The summed E-state index contributed by atoms with van der Waals surface area (Å²) in [5.74, 6) is 1.03. The van der Waals surface area contributed by atoms with Crippen LogP contribution >= 0.6 is 0 Å². The smallest absolute Gasteiger partial charge is 0.269 e. The van der Waals surface area contributed by atoms with Gasteiger partial charge in [0.1, 0.15) is 11.5 Å². The van der Waals surface area contributed by atoms with Crippen molar-refractivity contribution in [2.45, 2.75) is 13.5 Å². The van der Waals surface area contributed by atoms with Crippen LogP contribution in [0.4, 0.5) is 5.69 Å². The maximum atomic E-state index is 10.5. The third-order valence-corrected chi connectivity index (χ3v) is 2.66. The number of hydrogen-bond donors (Lipinski definition) is 1. The van der Waals surface area contributed by atoms with Crippen molar-refractivity contribution in [3.8, 4) is 11.5 Å². The highest BCUT2D eigenvalue weighted by Gasteiger charge is 2.07. The van der Waals surface area contributed by atoms with Crippen molar-refractivity contribution in [2.24, 2.45) is 0 Å². The molecule has 2 rings (SSSR count). The van der Waals surface area contributed by atoms with E-state index in [1.54, 1.807) is 6.07 Å². The van der Waals surface area contributed by atoms with Gasteiger partial charge in [-0.1, -0.05) is 17.7 Å². The first-order chi connectivity index (χ1) is 9.10. The molecule has 0 radical (unpaired) electrons. The Bertz CT molecular complexity index is 593. The first kappa shape index (κ1) is 13.0. The molecule has 0 aliphatic heterocycles. The minimum absolute atomic E-state index is 0.0126. The second-order valence-electron chi connectivity index (χ2n) is 4.12. The van der Waals surface area contributed by atoms with Crippen LogP contribution in [0.2, 0.25) is 0 Å². The number of nitro groups is 1. The Labute approximate surface area is 110 Å². The average Bonchev–Trinajstić information content (AvgIpc) is 2.41. The Hall–Kier alpha value is -2.40. The molecule has 1 N–H and O–H groups in total. The van der Waals surface area contributed by atoms with Gasteiger partial charge in [0.2, 0.25) is 0 Å². The molecule has 0 aromatic heterocycles. The summed E-state index contributed by atoms with van der Waals surface area (Å²) in [6, 6.07) is 11.3. The number of hydrogen-bond acceptors (Lipinski definition) is 4. The molecule has 2 aromatic carbocycles. The van der Waals surface area contributed by atoms with Gasteiger partial charge in [0, 0.05) is 17.7 Å². The second-order valence-corrected chi connectivity index (χ2v) is 4.12. The summed E-state index contributed by atoms with van der Waals surface area (Å²) in [6.07, 6.45) is 0. The van der Waals surface area contributed by atoms with Gasteiger partial charge in [-0.3, -0.25) is 10.1 Å². The molecule has 98 valence electrons. The van der Waals surface area contributed by atoms with Gasteiger partial charge >= 0.3 is 0 Å². The van der Waals surface area contributed by atoms with Crippen molar-refractivity contribution in [2.75, 3.05) is 0 Å². The van der Waals surface area contributed by atoms with Crippen LogP contribution in [0, 0.1) is 17.0 Å². The Morgan fingerprint density at radius 3 is 2.47 bits per heavy atom. The molecule has 0 aliphatic carbocycles. The predicted octanol–water partition coefficient (Wildman–Crippen LogP) is 3.19. The van der Waals surface area contributed by atoms with Crippen LogP contribution in [0.15, 0.2) is 42.5 Å². The molecular weight excluding hydrogens is 246 g/mol. The topological polar surface area (TPSA) is 72.6 Å². The third-order valence-electron chi connectivity index (χ3n) is 2.66. The molecule has 0 amide bonds. The lowest BCUT2D eigenvalue weighted by Gasteiger charge is -2.10. The van der Waals surface area contributed by atoms with Crippen LogP contribution in [0.1, 0.15) is 11.1 Å². The van der Waals surface area contributed by atoms with E-state index in [0.717, 1.165) is 5.56 Å². The van der Waals surface area contributed by atoms with E-state index in [9.17, 15) is 15.2 Å². The van der Waals surface area contributed by atoms with Crippen LogP contribution in [0.5, 0.6) is 11.5 Å². The molecule has 19 heavy (non-hydrogen) atoms. The number of nitro benzene ring substituents is 1. The first-order valence-corrected chi connectivity index (χ1v) is 5.73. The quantitative estimate of drug-likeness (QED) is 0.676. The lowest BCUT2D eigenvalue weighted by atomic mass is 10.1. The Morgan fingerprint density at radius 1 is 1.21 bits per heavy atom. The number of aliphatic hydroxyl groups excluding tert-OH is 1. The van der Waals surface area contributed by atoms with Crippen molar-refractivity contribution in [3.05, 3.63) is 63.7 Å². The molecule has 0 heterocycles. The third kappa shape index (κ3) is 3.08. The molecule has 0 saturated carbocycles. The van der Waals surface area contributed by atoms with Crippen LogP contribution in [-0.4, -0.2) is 10.0 Å². The fourth-order valence-electron chi connectivity index (χ4n) is 1.69. The van der Waals surface area contributed by atoms with E-state index in [2.05, 4.69) is 0 Å². The van der Waals surface area contributed by atoms with Crippen LogP contribution in [0.25, 0.3) is 0 Å². The van der Waals surface area contributed by atoms with Gasteiger partial charge in [0.05, 0.1) is 11.5 Å². The summed E-state index contributed by atoms with van der Waals surface area (Å²) in [4.78, 5) is 10.1. The van der Waals surface area contributed by atoms with E-state index >= 15 is 0 Å². The summed E-state index contributed by atoms with van der Waals surface area (Å²) in [5, 5.41) is 19.8. The summed E-state index contributed by atoms with van der Waals surface area (Å²) in [6.45, 7) is 1.80. The molecule has 0 unspecified atom stereocenters. The summed E-state index contributed by atoms with van der Waals surface area (Å²) < 4.78 is 5.61. The van der Waals surface area contributed by atoms with E-state index in [1.807, 2.05) is 19.1 Å². The minimum Gasteiger partial charge on any atom is -0.457 e. The van der Waals surface area contributed by atoms with Crippen molar-refractivity contribution in [1.29, 1.82) is 0 Å². The van der Waals surface area contributed by atoms with E-state index in [1.165, 1.54) is 24.3 Å². The maximum absolute atomic E-state index is 10.5. The maximum Gasteiger partial charge on any atom is 0.269 e. The van der Waals surface area contributed by atoms with E-state index in [0.29, 0.717) is 17.1 Å². The highest BCUT2D eigenvalue weighted by atomic mass is 16.6. The zero-order valence-corrected chi connectivity index (χ0v) is 10.4. The summed E-state index contributed by atoms with van der Waals surface area (Å²) >= 11 is 0. The zero-order chi connectivity index (χ0) is 13.8. The number of aryl methyl sites for hydroxylation is 1. The van der Waals surface area contributed by atoms with E-state index in [4.69, 9.17) is 4.74 Å². The summed E-state index contributed by atoms with van der Waals surface area (Å²) in [7, 11) is 0. The van der Waals surface area contributed by atoms with Crippen LogP contribution < -0.4 is 4.74 Å². The number of nitrogens with zero attached hydrogens (tertiary/aromatic N) is 1. The molecule has 5 heteroatoms. The van der Waals surface area contributed by atoms with E-state index in [-0.39, 0.29) is 12.3 Å². The fraction of sp³-hybridized carbons (Fsp3) is 0.143. The highest BCUT2D eigenvalue weighted by molar-refractivity contribution is 5.42. The molecule has 5 nitrogen and oxygen atoms in total. The molecule has 0 fully saturated rings.